The minimum absolute atomic E-state index is 0.125. The minimum Gasteiger partial charge on any atom is -0.480 e. The van der Waals surface area contributed by atoms with Crippen molar-refractivity contribution in [2.75, 3.05) is 5.75 Å². The molecule has 0 aromatic heterocycles. The van der Waals surface area contributed by atoms with Crippen LogP contribution < -0.4 is 5.32 Å². The zero-order valence-corrected chi connectivity index (χ0v) is 23.4. The summed E-state index contributed by atoms with van der Waals surface area (Å²) in [5.41, 5.74) is 0. The third-order valence-corrected chi connectivity index (χ3v) is 7.19. The Kier molecular flexibility index (Phi) is 26.3. The standard InChI is InChI=1S/C29H57NO3S/c1-2-3-4-5-6-7-8-9-10-11-12-13-14-15-16-17-18-19-20-21-22-23-24-25-28(31)30-27(26-34)29(32)33/h27,34H,2-26H2,1H3,(H,30,31)(H,32,33)/t27-/m0/s1. The summed E-state index contributed by atoms with van der Waals surface area (Å²) in [6, 6.07) is -0.875. The molecule has 34 heavy (non-hydrogen) atoms. The molecule has 1 atom stereocenters. The molecule has 0 radical (unpaired) electrons. The molecule has 0 rings (SSSR count). The van der Waals surface area contributed by atoms with Crippen molar-refractivity contribution in [3.05, 3.63) is 0 Å². The third kappa shape index (κ3) is 24.4. The van der Waals surface area contributed by atoms with E-state index in [4.69, 9.17) is 5.11 Å². The van der Waals surface area contributed by atoms with Crippen LogP contribution in [0.1, 0.15) is 161 Å². The Hall–Kier alpha value is -0.710. The molecule has 4 nitrogen and oxygen atoms in total. The van der Waals surface area contributed by atoms with Crippen LogP contribution in [0.3, 0.4) is 0 Å². The summed E-state index contributed by atoms with van der Waals surface area (Å²) in [6.45, 7) is 2.29. The first-order chi connectivity index (χ1) is 16.6. The Morgan fingerprint density at radius 2 is 0.882 bits per heavy atom. The van der Waals surface area contributed by atoms with Gasteiger partial charge in [0.1, 0.15) is 6.04 Å². The number of amides is 1. The van der Waals surface area contributed by atoms with Gasteiger partial charge in [-0.05, 0) is 6.42 Å². The Labute approximate surface area is 217 Å². The first-order valence-electron chi connectivity index (χ1n) is 14.7. The van der Waals surface area contributed by atoms with Gasteiger partial charge in [-0.2, -0.15) is 12.6 Å². The molecule has 0 spiro atoms. The van der Waals surface area contributed by atoms with Crippen LogP contribution in [0.25, 0.3) is 0 Å². The first kappa shape index (κ1) is 33.3. The predicted molar refractivity (Wildman–Crippen MR) is 150 cm³/mol. The van der Waals surface area contributed by atoms with Gasteiger partial charge in [-0.15, -0.1) is 0 Å². The van der Waals surface area contributed by atoms with Gasteiger partial charge in [0, 0.05) is 12.2 Å². The van der Waals surface area contributed by atoms with Gasteiger partial charge in [0.25, 0.3) is 0 Å². The van der Waals surface area contributed by atoms with Gasteiger partial charge in [-0.25, -0.2) is 4.79 Å². The van der Waals surface area contributed by atoms with Crippen molar-refractivity contribution in [1.82, 2.24) is 5.32 Å². The quantitative estimate of drug-likeness (QED) is 0.0781. The maximum Gasteiger partial charge on any atom is 0.327 e. The van der Waals surface area contributed by atoms with E-state index in [0.717, 1.165) is 12.8 Å². The van der Waals surface area contributed by atoms with Crippen LogP contribution in [0.2, 0.25) is 0 Å². The number of carboxylic acid groups (broad SMARTS) is 1. The van der Waals surface area contributed by atoms with Gasteiger partial charge in [0.15, 0.2) is 0 Å². The maximum absolute atomic E-state index is 11.7. The number of hydrogen-bond donors (Lipinski definition) is 3. The second-order valence-electron chi connectivity index (χ2n) is 10.2. The second kappa shape index (κ2) is 26.9. The smallest absolute Gasteiger partial charge is 0.327 e. The van der Waals surface area contributed by atoms with Gasteiger partial charge in [0.2, 0.25) is 5.91 Å². The average molecular weight is 500 g/mol. The van der Waals surface area contributed by atoms with Crippen molar-refractivity contribution in [2.45, 2.75) is 167 Å². The van der Waals surface area contributed by atoms with Crippen molar-refractivity contribution >= 4 is 24.5 Å². The Morgan fingerprint density at radius 3 is 1.15 bits per heavy atom. The SMILES string of the molecule is CCCCCCCCCCCCCCCCCCCCCCCCCC(=O)N[C@@H](CS)C(=O)O. The highest BCUT2D eigenvalue weighted by Crippen LogP contribution is 2.15. The van der Waals surface area contributed by atoms with Crippen molar-refractivity contribution < 1.29 is 14.7 Å². The number of hydrogen-bond acceptors (Lipinski definition) is 3. The van der Waals surface area contributed by atoms with Crippen LogP contribution in [0.15, 0.2) is 0 Å². The van der Waals surface area contributed by atoms with Crippen LogP contribution in [0.5, 0.6) is 0 Å². The normalized spacial score (nSPS) is 12.1. The Bertz CT molecular complexity index is 459. The van der Waals surface area contributed by atoms with E-state index >= 15 is 0 Å². The van der Waals surface area contributed by atoms with Crippen LogP contribution in [-0.4, -0.2) is 28.8 Å². The summed E-state index contributed by atoms with van der Waals surface area (Å²) in [6.07, 6.45) is 31.6. The highest BCUT2D eigenvalue weighted by molar-refractivity contribution is 7.80. The number of carboxylic acids is 1. The maximum atomic E-state index is 11.7. The van der Waals surface area contributed by atoms with Crippen LogP contribution in [0, 0.1) is 0 Å². The average Bonchev–Trinajstić information content (AvgIpc) is 2.82. The highest BCUT2D eigenvalue weighted by Gasteiger charge is 2.17. The fourth-order valence-electron chi connectivity index (χ4n) is 4.52. The topological polar surface area (TPSA) is 66.4 Å². The van der Waals surface area contributed by atoms with E-state index in [1.165, 1.54) is 135 Å². The molecule has 0 bridgehead atoms. The van der Waals surface area contributed by atoms with E-state index < -0.39 is 12.0 Å². The molecule has 0 aliphatic rings. The summed E-state index contributed by atoms with van der Waals surface area (Å²) in [4.78, 5) is 22.6. The molecular formula is C29H57NO3S. The molecule has 0 aromatic rings. The van der Waals surface area contributed by atoms with E-state index in [1.54, 1.807) is 0 Å². The Balaban J connectivity index is 3.18. The second-order valence-corrected chi connectivity index (χ2v) is 10.5. The lowest BCUT2D eigenvalue weighted by atomic mass is 10.0. The number of carbonyl (C=O) groups is 2. The van der Waals surface area contributed by atoms with Crippen LogP contribution in [-0.2, 0) is 9.59 Å². The van der Waals surface area contributed by atoms with Gasteiger partial charge in [-0.3, -0.25) is 4.79 Å². The zero-order chi connectivity index (χ0) is 25.1. The number of aliphatic carboxylic acids is 1. The van der Waals surface area contributed by atoms with Crippen LogP contribution in [0.4, 0.5) is 0 Å². The molecule has 0 saturated carbocycles. The number of rotatable bonds is 27. The van der Waals surface area contributed by atoms with Crippen molar-refractivity contribution in [2.24, 2.45) is 0 Å². The number of thiol groups is 1. The van der Waals surface area contributed by atoms with E-state index in [9.17, 15) is 9.59 Å². The lowest BCUT2D eigenvalue weighted by molar-refractivity contribution is -0.141. The van der Waals surface area contributed by atoms with Crippen molar-refractivity contribution in [3.63, 3.8) is 0 Å². The zero-order valence-electron chi connectivity index (χ0n) is 22.5. The number of nitrogens with one attached hydrogen (secondary N) is 1. The molecule has 0 aromatic carbocycles. The van der Waals surface area contributed by atoms with Gasteiger partial charge < -0.3 is 10.4 Å². The summed E-state index contributed by atoms with van der Waals surface area (Å²) in [5, 5.41) is 11.4. The highest BCUT2D eigenvalue weighted by atomic mass is 32.1. The van der Waals surface area contributed by atoms with E-state index in [2.05, 4.69) is 24.9 Å². The Morgan fingerprint density at radius 1 is 0.588 bits per heavy atom. The summed E-state index contributed by atoms with van der Waals surface area (Å²) in [7, 11) is 0. The molecule has 2 N–H and O–H groups in total. The molecule has 0 saturated heterocycles. The summed E-state index contributed by atoms with van der Waals surface area (Å²) < 4.78 is 0. The fraction of sp³-hybridized carbons (Fsp3) is 0.931. The van der Waals surface area contributed by atoms with Crippen molar-refractivity contribution in [1.29, 1.82) is 0 Å². The molecule has 1 amide bonds. The largest absolute Gasteiger partial charge is 0.480 e. The van der Waals surface area contributed by atoms with E-state index in [-0.39, 0.29) is 11.7 Å². The predicted octanol–water partition coefficient (Wildman–Crippen LogP) is 8.87. The lowest BCUT2D eigenvalue weighted by Gasteiger charge is -2.11. The molecule has 0 fully saturated rings. The molecule has 5 heteroatoms. The minimum atomic E-state index is -1.02. The molecule has 0 heterocycles. The van der Waals surface area contributed by atoms with E-state index in [1.807, 2.05) is 0 Å². The monoisotopic (exact) mass is 499 g/mol. The first-order valence-corrected chi connectivity index (χ1v) is 15.4. The summed E-state index contributed by atoms with van der Waals surface area (Å²) in [5.74, 6) is -1.07. The molecule has 0 aliphatic carbocycles. The molecule has 202 valence electrons. The summed E-state index contributed by atoms with van der Waals surface area (Å²) >= 11 is 3.96. The fourth-order valence-corrected chi connectivity index (χ4v) is 4.77. The van der Waals surface area contributed by atoms with E-state index in [0.29, 0.717) is 6.42 Å². The lowest BCUT2D eigenvalue weighted by Crippen LogP contribution is -2.42. The van der Waals surface area contributed by atoms with Gasteiger partial charge in [0.05, 0.1) is 0 Å². The molecular weight excluding hydrogens is 442 g/mol. The number of unbranched alkanes of at least 4 members (excludes halogenated alkanes) is 22. The molecule has 0 unspecified atom stereocenters. The number of carbonyl (C=O) groups excluding carboxylic acids is 1. The van der Waals surface area contributed by atoms with Gasteiger partial charge >= 0.3 is 5.97 Å². The molecule has 0 aliphatic heterocycles. The van der Waals surface area contributed by atoms with Crippen molar-refractivity contribution in [3.8, 4) is 0 Å². The van der Waals surface area contributed by atoms with Gasteiger partial charge in [-0.1, -0.05) is 148 Å². The van der Waals surface area contributed by atoms with Crippen LogP contribution >= 0.6 is 12.6 Å². The third-order valence-electron chi connectivity index (χ3n) is 6.82.